The molecule has 180 valence electrons. The quantitative estimate of drug-likeness (QED) is 0.316. The highest BCUT2D eigenvalue weighted by molar-refractivity contribution is 5.89. The van der Waals surface area contributed by atoms with Crippen molar-refractivity contribution in [2.45, 2.75) is 71.8 Å². The summed E-state index contributed by atoms with van der Waals surface area (Å²) in [4.78, 5) is 13.0. The van der Waals surface area contributed by atoms with Crippen LogP contribution in [-0.2, 0) is 11.2 Å². The van der Waals surface area contributed by atoms with Crippen LogP contribution >= 0.6 is 0 Å². The van der Waals surface area contributed by atoms with Crippen LogP contribution in [0.3, 0.4) is 0 Å². The summed E-state index contributed by atoms with van der Waals surface area (Å²) in [5, 5.41) is 0. The molecular formula is C27H35FO5. The topological polar surface area (TPSA) is 54.0 Å². The molecule has 1 heterocycles. The third kappa shape index (κ3) is 6.62. The first-order valence-corrected chi connectivity index (χ1v) is 12.1. The summed E-state index contributed by atoms with van der Waals surface area (Å²) >= 11 is 0. The summed E-state index contributed by atoms with van der Waals surface area (Å²) in [5.41, 5.74) is 1.19. The number of carbonyl (C=O) groups excluding carboxylic acids is 1. The van der Waals surface area contributed by atoms with Crippen LogP contribution in [0.25, 0.3) is 0 Å². The second-order valence-electron chi connectivity index (χ2n) is 8.33. The van der Waals surface area contributed by atoms with Crippen LogP contribution in [-0.4, -0.2) is 25.6 Å². The molecule has 1 atom stereocenters. The van der Waals surface area contributed by atoms with Gasteiger partial charge in [0.25, 0.3) is 0 Å². The molecule has 2 aromatic carbocycles. The van der Waals surface area contributed by atoms with Gasteiger partial charge in [-0.15, -0.1) is 0 Å². The van der Waals surface area contributed by atoms with Crippen molar-refractivity contribution in [3.05, 3.63) is 47.3 Å². The minimum atomic E-state index is -0.883. The molecular weight excluding hydrogens is 423 g/mol. The molecule has 0 fully saturated rings. The van der Waals surface area contributed by atoms with Gasteiger partial charge in [0.15, 0.2) is 23.5 Å². The normalized spacial score (nSPS) is 15.0. The number of carbonyl (C=O) groups is 1. The van der Waals surface area contributed by atoms with E-state index in [2.05, 4.69) is 13.8 Å². The third-order valence-electron chi connectivity index (χ3n) is 5.57. The second kappa shape index (κ2) is 12.5. The van der Waals surface area contributed by atoms with Crippen LogP contribution in [0.2, 0.25) is 0 Å². The zero-order valence-corrected chi connectivity index (χ0v) is 20.0. The average Bonchev–Trinajstić information content (AvgIpc) is 2.80. The van der Waals surface area contributed by atoms with E-state index in [1.165, 1.54) is 6.07 Å². The van der Waals surface area contributed by atoms with Gasteiger partial charge in [0, 0.05) is 29.7 Å². The molecule has 0 aromatic heterocycles. The molecule has 0 saturated heterocycles. The number of ketones is 1. The van der Waals surface area contributed by atoms with Gasteiger partial charge in [-0.25, -0.2) is 4.39 Å². The molecule has 1 aliphatic heterocycles. The highest BCUT2D eigenvalue weighted by atomic mass is 19.1. The van der Waals surface area contributed by atoms with Crippen molar-refractivity contribution >= 4 is 5.78 Å². The number of unbranched alkanes of at least 4 members (excludes halogenated alkanes) is 3. The first-order chi connectivity index (χ1) is 16.1. The lowest BCUT2D eigenvalue weighted by molar-refractivity contribution is -0.126. The van der Waals surface area contributed by atoms with Crippen molar-refractivity contribution in [2.75, 3.05) is 19.8 Å². The molecule has 6 heteroatoms. The zero-order valence-electron chi connectivity index (χ0n) is 20.0. The summed E-state index contributed by atoms with van der Waals surface area (Å²) in [5.74, 6) is 1.36. The number of benzene rings is 2. The van der Waals surface area contributed by atoms with Crippen molar-refractivity contribution in [2.24, 2.45) is 0 Å². The number of rotatable bonds is 13. The van der Waals surface area contributed by atoms with Gasteiger partial charge < -0.3 is 18.9 Å². The van der Waals surface area contributed by atoms with Crippen LogP contribution in [0.4, 0.5) is 4.39 Å². The Balaban J connectivity index is 1.83. The van der Waals surface area contributed by atoms with Crippen molar-refractivity contribution in [3.8, 4) is 23.0 Å². The fraction of sp³-hybridized carbons (Fsp3) is 0.519. The summed E-state index contributed by atoms with van der Waals surface area (Å²) in [6.45, 7) is 7.86. The van der Waals surface area contributed by atoms with E-state index in [1.54, 1.807) is 18.2 Å². The first kappa shape index (κ1) is 24.9. The van der Waals surface area contributed by atoms with Gasteiger partial charge in [0.1, 0.15) is 17.2 Å². The van der Waals surface area contributed by atoms with Gasteiger partial charge in [0.2, 0.25) is 0 Å². The number of ether oxygens (including phenoxy) is 4. The third-order valence-corrected chi connectivity index (χ3v) is 5.57. The fourth-order valence-corrected chi connectivity index (χ4v) is 3.59. The number of halogens is 1. The maximum absolute atomic E-state index is 14.6. The molecule has 3 rings (SSSR count). The van der Waals surface area contributed by atoms with E-state index in [0.717, 1.165) is 44.1 Å². The average molecular weight is 459 g/mol. The van der Waals surface area contributed by atoms with Gasteiger partial charge in [-0.2, -0.15) is 0 Å². The number of fused-ring (bicyclic) bond motifs is 1. The smallest absolute Gasteiger partial charge is 0.182 e. The Kier molecular flexibility index (Phi) is 9.40. The van der Waals surface area contributed by atoms with Crippen molar-refractivity contribution < 1.29 is 28.1 Å². The fourth-order valence-electron chi connectivity index (χ4n) is 3.59. The van der Waals surface area contributed by atoms with E-state index in [0.29, 0.717) is 42.6 Å². The molecule has 0 amide bonds. The highest BCUT2D eigenvalue weighted by Gasteiger charge is 2.32. The second-order valence-corrected chi connectivity index (χ2v) is 8.33. The van der Waals surface area contributed by atoms with Gasteiger partial charge in [-0.3, -0.25) is 4.79 Å². The Bertz CT molecular complexity index is 927. The number of hydrogen-bond donors (Lipinski definition) is 0. The van der Waals surface area contributed by atoms with E-state index in [-0.39, 0.29) is 18.0 Å². The SMILES string of the molecule is CCCCOc1cc(OCCCC)c2c(c1)O[C@H](c1ccc(OCCCC)c(F)c1)C(=O)C2. The zero-order chi connectivity index (χ0) is 23.6. The molecule has 0 unspecified atom stereocenters. The van der Waals surface area contributed by atoms with Crippen LogP contribution < -0.4 is 18.9 Å². The monoisotopic (exact) mass is 458 g/mol. The standard InChI is InChI=1S/C27H35FO5/c1-4-7-12-30-20-16-25(32-14-9-6-3)21-18-23(29)27(33-26(21)17-20)19-10-11-24(22(28)15-19)31-13-8-5-2/h10-11,15-17,27H,4-9,12-14,18H2,1-3H3/t27-/m1/s1. The lowest BCUT2D eigenvalue weighted by Crippen LogP contribution is -2.26. The Hall–Kier alpha value is -2.76. The van der Waals surface area contributed by atoms with Crippen LogP contribution in [0.5, 0.6) is 23.0 Å². The number of hydrogen-bond acceptors (Lipinski definition) is 5. The molecule has 5 nitrogen and oxygen atoms in total. The lowest BCUT2D eigenvalue weighted by atomic mass is 9.95. The summed E-state index contributed by atoms with van der Waals surface area (Å²) in [6, 6.07) is 8.22. The molecule has 0 saturated carbocycles. The lowest BCUT2D eigenvalue weighted by Gasteiger charge is -2.27. The Morgan fingerprint density at radius 2 is 1.52 bits per heavy atom. The summed E-state index contributed by atoms with van der Waals surface area (Å²) in [7, 11) is 0. The number of Topliss-reactive ketones (excluding diaryl/α,β-unsaturated/α-hetero) is 1. The van der Waals surface area contributed by atoms with Crippen LogP contribution in [0, 0.1) is 5.82 Å². The molecule has 0 radical (unpaired) electrons. The van der Waals surface area contributed by atoms with Crippen molar-refractivity contribution in [1.82, 2.24) is 0 Å². The van der Waals surface area contributed by atoms with Gasteiger partial charge in [-0.05, 0) is 31.4 Å². The van der Waals surface area contributed by atoms with E-state index >= 15 is 0 Å². The minimum absolute atomic E-state index is 0.137. The van der Waals surface area contributed by atoms with Gasteiger partial charge in [-0.1, -0.05) is 46.1 Å². The van der Waals surface area contributed by atoms with Crippen molar-refractivity contribution in [1.29, 1.82) is 0 Å². The summed E-state index contributed by atoms with van der Waals surface area (Å²) in [6.07, 6.45) is 5.00. The minimum Gasteiger partial charge on any atom is -0.493 e. The maximum atomic E-state index is 14.6. The van der Waals surface area contributed by atoms with Gasteiger partial charge in [0.05, 0.1) is 19.8 Å². The van der Waals surface area contributed by atoms with E-state index in [4.69, 9.17) is 18.9 Å². The molecule has 0 N–H and O–H groups in total. The van der Waals surface area contributed by atoms with E-state index in [9.17, 15) is 9.18 Å². The molecule has 0 bridgehead atoms. The predicted molar refractivity (Wildman–Crippen MR) is 126 cm³/mol. The van der Waals surface area contributed by atoms with E-state index < -0.39 is 11.9 Å². The predicted octanol–water partition coefficient (Wildman–Crippen LogP) is 6.61. The highest BCUT2D eigenvalue weighted by Crippen LogP contribution is 2.41. The largest absolute Gasteiger partial charge is 0.493 e. The van der Waals surface area contributed by atoms with Gasteiger partial charge >= 0.3 is 0 Å². The van der Waals surface area contributed by atoms with Crippen LogP contribution in [0.15, 0.2) is 30.3 Å². The first-order valence-electron chi connectivity index (χ1n) is 12.1. The van der Waals surface area contributed by atoms with E-state index in [1.807, 2.05) is 13.0 Å². The van der Waals surface area contributed by atoms with Crippen molar-refractivity contribution in [3.63, 3.8) is 0 Å². The van der Waals surface area contributed by atoms with Crippen LogP contribution in [0.1, 0.15) is 76.5 Å². The summed E-state index contributed by atoms with van der Waals surface area (Å²) < 4.78 is 38.1. The maximum Gasteiger partial charge on any atom is 0.182 e. The molecule has 1 aliphatic rings. The molecule has 0 spiro atoms. The molecule has 33 heavy (non-hydrogen) atoms. The molecule has 0 aliphatic carbocycles. The molecule has 2 aromatic rings. The Morgan fingerprint density at radius 1 is 0.879 bits per heavy atom. The Morgan fingerprint density at radius 3 is 2.15 bits per heavy atom. The Labute approximate surface area is 196 Å².